The van der Waals surface area contributed by atoms with Gasteiger partial charge in [0, 0.05) is 14.1 Å². The zero-order chi connectivity index (χ0) is 12.3. The molecule has 0 aromatic carbocycles. The zero-order valence-corrected chi connectivity index (χ0v) is 11.0. The summed E-state index contributed by atoms with van der Waals surface area (Å²) in [5, 5.41) is 9.00. The van der Waals surface area contributed by atoms with E-state index in [2.05, 4.69) is 6.07 Å². The van der Waals surface area contributed by atoms with Gasteiger partial charge in [-0.15, -0.1) is 23.1 Å². The van der Waals surface area contributed by atoms with Crippen molar-refractivity contribution in [3.63, 3.8) is 0 Å². The second-order valence-electron chi connectivity index (χ2n) is 3.25. The number of nitrogens with zero attached hydrogens (tertiary/aromatic N) is 2. The lowest BCUT2D eigenvalue weighted by atomic mass is 10.2. The lowest BCUT2D eigenvalue weighted by Crippen LogP contribution is -2.21. The fraction of sp³-hybridized carbons (Fsp3) is 0.400. The fourth-order valence-electron chi connectivity index (χ4n) is 1.12. The number of nitriles is 1. The number of amides is 1. The van der Waals surface area contributed by atoms with Crippen LogP contribution in [0.2, 0.25) is 0 Å². The molecule has 0 saturated heterocycles. The number of carbonyl (C=O) groups excluding carboxylic acids is 1. The molecule has 1 amide bonds. The molecule has 0 fully saturated rings. The summed E-state index contributed by atoms with van der Waals surface area (Å²) in [5.41, 5.74) is 6.55. The van der Waals surface area contributed by atoms with Crippen LogP contribution in [0.3, 0.4) is 0 Å². The van der Waals surface area contributed by atoms with Crippen LogP contribution in [-0.2, 0) is 0 Å². The average molecular weight is 255 g/mol. The highest BCUT2D eigenvalue weighted by molar-refractivity contribution is 8.01. The molecule has 0 atom stereocenters. The first-order chi connectivity index (χ1) is 7.52. The van der Waals surface area contributed by atoms with Gasteiger partial charge in [-0.05, 0) is 5.75 Å². The maximum atomic E-state index is 11.8. The van der Waals surface area contributed by atoms with Crippen molar-refractivity contribution in [2.75, 3.05) is 25.6 Å². The maximum absolute atomic E-state index is 11.8. The van der Waals surface area contributed by atoms with Crippen LogP contribution < -0.4 is 5.73 Å². The minimum atomic E-state index is -0.151. The van der Waals surface area contributed by atoms with Crippen molar-refractivity contribution < 1.29 is 4.79 Å². The van der Waals surface area contributed by atoms with Crippen molar-refractivity contribution in [3.8, 4) is 6.07 Å². The van der Waals surface area contributed by atoms with E-state index >= 15 is 0 Å². The molecule has 0 aliphatic carbocycles. The number of hydrogen-bond acceptors (Lipinski definition) is 5. The summed E-state index contributed by atoms with van der Waals surface area (Å²) in [7, 11) is 3.33. The van der Waals surface area contributed by atoms with E-state index in [4.69, 9.17) is 11.0 Å². The SMILES string of the molecule is CCSc1sc(C(=O)N(C)C)c(N)c1C#N. The van der Waals surface area contributed by atoms with Gasteiger partial charge in [0.15, 0.2) is 0 Å². The predicted octanol–water partition coefficient (Wildman–Crippen LogP) is 2.02. The molecule has 1 aromatic heterocycles. The Hall–Kier alpha value is -1.19. The van der Waals surface area contributed by atoms with Gasteiger partial charge in [-0.25, -0.2) is 0 Å². The van der Waals surface area contributed by atoms with E-state index in [0.717, 1.165) is 9.96 Å². The average Bonchev–Trinajstić information content (AvgIpc) is 2.54. The van der Waals surface area contributed by atoms with Crippen molar-refractivity contribution >= 4 is 34.7 Å². The first kappa shape index (κ1) is 12.9. The van der Waals surface area contributed by atoms with E-state index in [9.17, 15) is 4.79 Å². The quantitative estimate of drug-likeness (QED) is 0.839. The number of anilines is 1. The van der Waals surface area contributed by atoms with Gasteiger partial charge in [0.2, 0.25) is 0 Å². The van der Waals surface area contributed by atoms with E-state index in [1.165, 1.54) is 28.0 Å². The summed E-state index contributed by atoms with van der Waals surface area (Å²) in [6, 6.07) is 2.06. The summed E-state index contributed by atoms with van der Waals surface area (Å²) in [6.45, 7) is 2.00. The van der Waals surface area contributed by atoms with Gasteiger partial charge in [0.1, 0.15) is 16.5 Å². The van der Waals surface area contributed by atoms with E-state index in [1.807, 2.05) is 6.92 Å². The molecule has 0 radical (unpaired) electrons. The number of thioether (sulfide) groups is 1. The lowest BCUT2D eigenvalue weighted by Gasteiger charge is -2.08. The fourth-order valence-corrected chi connectivity index (χ4v) is 3.45. The number of nitrogens with two attached hydrogens (primary N) is 1. The molecule has 0 bridgehead atoms. The minimum absolute atomic E-state index is 0.151. The van der Waals surface area contributed by atoms with Crippen molar-refractivity contribution in [3.05, 3.63) is 10.4 Å². The van der Waals surface area contributed by atoms with E-state index in [0.29, 0.717) is 16.1 Å². The third-order valence-electron chi connectivity index (χ3n) is 1.90. The van der Waals surface area contributed by atoms with Gasteiger partial charge in [-0.3, -0.25) is 4.79 Å². The summed E-state index contributed by atoms with van der Waals surface area (Å²) in [4.78, 5) is 13.7. The smallest absolute Gasteiger partial charge is 0.265 e. The second kappa shape index (κ2) is 5.23. The Labute approximate surface area is 103 Å². The Bertz CT molecular complexity index is 446. The molecular weight excluding hydrogens is 242 g/mol. The van der Waals surface area contributed by atoms with Crippen LogP contribution in [0, 0.1) is 11.3 Å². The summed E-state index contributed by atoms with van der Waals surface area (Å²) >= 11 is 2.83. The molecule has 6 heteroatoms. The van der Waals surface area contributed by atoms with E-state index in [1.54, 1.807) is 14.1 Å². The second-order valence-corrected chi connectivity index (χ2v) is 5.81. The molecule has 1 aromatic rings. The topological polar surface area (TPSA) is 70.1 Å². The van der Waals surface area contributed by atoms with Crippen LogP contribution >= 0.6 is 23.1 Å². The van der Waals surface area contributed by atoms with Gasteiger partial charge < -0.3 is 10.6 Å². The first-order valence-corrected chi connectivity index (χ1v) is 6.49. The third-order valence-corrected chi connectivity index (χ3v) is 4.25. The molecule has 16 heavy (non-hydrogen) atoms. The van der Waals surface area contributed by atoms with Gasteiger partial charge >= 0.3 is 0 Å². The van der Waals surface area contributed by atoms with Crippen LogP contribution in [0.15, 0.2) is 4.21 Å². The molecule has 1 heterocycles. The molecule has 86 valence electrons. The maximum Gasteiger partial charge on any atom is 0.265 e. The largest absolute Gasteiger partial charge is 0.396 e. The molecule has 0 unspecified atom stereocenters. The molecule has 0 saturated carbocycles. The van der Waals surface area contributed by atoms with Crippen LogP contribution in [0.25, 0.3) is 0 Å². The monoisotopic (exact) mass is 255 g/mol. The summed E-state index contributed by atoms with van der Waals surface area (Å²) < 4.78 is 0.827. The Morgan fingerprint density at radius 2 is 2.25 bits per heavy atom. The highest BCUT2D eigenvalue weighted by Gasteiger charge is 2.21. The summed E-state index contributed by atoms with van der Waals surface area (Å²) in [6.07, 6.45) is 0. The number of carbonyl (C=O) groups is 1. The molecular formula is C10H13N3OS2. The third kappa shape index (κ3) is 2.31. The molecule has 4 nitrogen and oxygen atoms in total. The van der Waals surface area contributed by atoms with Crippen LogP contribution in [-0.4, -0.2) is 30.7 Å². The number of hydrogen-bond donors (Lipinski definition) is 1. The number of thiophene rings is 1. The lowest BCUT2D eigenvalue weighted by molar-refractivity contribution is 0.0833. The highest BCUT2D eigenvalue weighted by Crippen LogP contribution is 2.37. The Morgan fingerprint density at radius 1 is 1.62 bits per heavy atom. The molecule has 1 rings (SSSR count). The van der Waals surface area contributed by atoms with Gasteiger partial charge in [0.25, 0.3) is 5.91 Å². The standard InChI is InChI=1S/C10H13N3OS2/c1-4-15-10-6(5-11)7(12)8(16-10)9(14)13(2)3/h4,12H2,1-3H3. The van der Waals surface area contributed by atoms with Crippen molar-refractivity contribution in [1.82, 2.24) is 4.90 Å². The summed E-state index contributed by atoms with van der Waals surface area (Å²) in [5.74, 6) is 0.700. The van der Waals surface area contributed by atoms with E-state index < -0.39 is 0 Å². The van der Waals surface area contributed by atoms with Crippen LogP contribution in [0.5, 0.6) is 0 Å². The predicted molar refractivity (Wildman–Crippen MR) is 67.9 cm³/mol. The minimum Gasteiger partial charge on any atom is -0.396 e. The van der Waals surface area contributed by atoms with Gasteiger partial charge in [-0.2, -0.15) is 5.26 Å². The van der Waals surface area contributed by atoms with Crippen LogP contribution in [0.4, 0.5) is 5.69 Å². The van der Waals surface area contributed by atoms with Gasteiger partial charge in [0.05, 0.1) is 9.90 Å². The Kier molecular flexibility index (Phi) is 4.21. The normalized spacial score (nSPS) is 9.88. The van der Waals surface area contributed by atoms with Crippen molar-refractivity contribution in [1.29, 1.82) is 5.26 Å². The highest BCUT2D eigenvalue weighted by atomic mass is 32.2. The zero-order valence-electron chi connectivity index (χ0n) is 9.40. The Morgan fingerprint density at radius 3 is 2.69 bits per heavy atom. The van der Waals surface area contributed by atoms with Crippen LogP contribution in [0.1, 0.15) is 22.2 Å². The molecule has 0 spiro atoms. The number of rotatable bonds is 3. The van der Waals surface area contributed by atoms with E-state index in [-0.39, 0.29) is 5.91 Å². The van der Waals surface area contributed by atoms with Gasteiger partial charge in [-0.1, -0.05) is 6.92 Å². The number of nitrogen functional groups attached to an aromatic ring is 1. The van der Waals surface area contributed by atoms with Crippen molar-refractivity contribution in [2.24, 2.45) is 0 Å². The Balaban J connectivity index is 3.23. The molecule has 2 N–H and O–H groups in total. The van der Waals surface area contributed by atoms with Crippen molar-refractivity contribution in [2.45, 2.75) is 11.1 Å². The molecule has 0 aliphatic heterocycles. The first-order valence-electron chi connectivity index (χ1n) is 4.69. The molecule has 0 aliphatic rings.